The predicted octanol–water partition coefficient (Wildman–Crippen LogP) is 4.64. The summed E-state index contributed by atoms with van der Waals surface area (Å²) in [5.74, 6) is 3.64. The zero-order chi connectivity index (χ0) is 21.8. The van der Waals surface area contributed by atoms with Crippen molar-refractivity contribution in [3.05, 3.63) is 42.1 Å². The molecular weight excluding hydrogens is 388 g/mol. The maximum Gasteiger partial charge on any atom is 0.249 e. The monoisotopic (exact) mass is 424 g/mol. The topological polar surface area (TPSA) is 64.3 Å². The lowest BCUT2D eigenvalue weighted by atomic mass is 9.69. The fourth-order valence-electron chi connectivity index (χ4n) is 5.43. The van der Waals surface area contributed by atoms with Gasteiger partial charge in [-0.15, -0.1) is 10.2 Å². The van der Waals surface area contributed by atoms with Gasteiger partial charge in [0, 0.05) is 38.5 Å². The Morgan fingerprint density at radius 3 is 2.90 bits per heavy atom. The molecule has 0 spiro atoms. The van der Waals surface area contributed by atoms with Gasteiger partial charge in [0.1, 0.15) is 0 Å². The van der Waals surface area contributed by atoms with Gasteiger partial charge in [-0.2, -0.15) is 0 Å². The second-order valence-electron chi connectivity index (χ2n) is 9.61. The summed E-state index contributed by atoms with van der Waals surface area (Å²) < 4.78 is 11.5. The summed E-state index contributed by atoms with van der Waals surface area (Å²) in [4.78, 5) is 6.80. The van der Waals surface area contributed by atoms with Crippen molar-refractivity contribution >= 4 is 0 Å². The Balaban J connectivity index is 1.46. The highest BCUT2D eigenvalue weighted by atomic mass is 16.5. The molecule has 168 valence electrons. The van der Waals surface area contributed by atoms with Crippen molar-refractivity contribution in [2.45, 2.75) is 52.5 Å². The second-order valence-corrected chi connectivity index (χ2v) is 9.61. The van der Waals surface area contributed by atoms with E-state index in [9.17, 15) is 0 Å². The van der Waals surface area contributed by atoms with Crippen molar-refractivity contribution in [2.24, 2.45) is 23.7 Å². The van der Waals surface area contributed by atoms with Crippen molar-refractivity contribution in [1.29, 1.82) is 0 Å². The smallest absolute Gasteiger partial charge is 0.249 e. The fourth-order valence-corrected chi connectivity index (χ4v) is 5.43. The molecule has 0 radical (unpaired) electrons. The van der Waals surface area contributed by atoms with Crippen LogP contribution in [0, 0.1) is 23.7 Å². The van der Waals surface area contributed by atoms with Crippen LogP contribution in [0.5, 0.6) is 0 Å². The van der Waals surface area contributed by atoms with E-state index in [1.807, 2.05) is 19.2 Å². The Hall–Kier alpha value is -2.05. The standard InChI is InChI=1S/C25H36N4O2/c1-17(2)23-12-20(13-24-27-28-25(31-24)19-7-5-9-26-14-19)18(3)11-21(23)15-29-10-6-8-22(29)16-30-4/h5,7,9,11,14,17,20-23H,6,8,10,12-13,15-16H2,1-4H3/t20-,21-,22+,23-/m0/s1. The molecule has 1 saturated heterocycles. The Morgan fingerprint density at radius 2 is 2.16 bits per heavy atom. The fraction of sp³-hybridized carbons (Fsp3) is 0.640. The quantitative estimate of drug-likeness (QED) is 0.575. The first kappa shape index (κ1) is 22.2. The van der Waals surface area contributed by atoms with Crippen molar-refractivity contribution < 1.29 is 9.15 Å². The number of methoxy groups -OCH3 is 1. The van der Waals surface area contributed by atoms with Gasteiger partial charge in [0.25, 0.3) is 0 Å². The predicted molar refractivity (Wildman–Crippen MR) is 121 cm³/mol. The van der Waals surface area contributed by atoms with E-state index >= 15 is 0 Å². The highest BCUT2D eigenvalue weighted by Crippen LogP contribution is 2.40. The minimum Gasteiger partial charge on any atom is -0.421 e. The van der Waals surface area contributed by atoms with Crippen molar-refractivity contribution in [3.63, 3.8) is 0 Å². The van der Waals surface area contributed by atoms with E-state index in [1.165, 1.54) is 31.4 Å². The molecule has 1 fully saturated rings. The molecule has 4 atom stereocenters. The molecule has 2 aromatic rings. The summed E-state index contributed by atoms with van der Waals surface area (Å²) in [6, 6.07) is 4.41. The molecule has 31 heavy (non-hydrogen) atoms. The third kappa shape index (κ3) is 5.24. The number of hydrogen-bond acceptors (Lipinski definition) is 6. The van der Waals surface area contributed by atoms with Gasteiger partial charge in [0.2, 0.25) is 11.8 Å². The molecule has 0 amide bonds. The van der Waals surface area contributed by atoms with Crippen LogP contribution >= 0.6 is 0 Å². The van der Waals surface area contributed by atoms with Gasteiger partial charge in [-0.1, -0.05) is 25.5 Å². The summed E-state index contributed by atoms with van der Waals surface area (Å²) in [7, 11) is 1.82. The highest BCUT2D eigenvalue weighted by Gasteiger charge is 2.35. The van der Waals surface area contributed by atoms with E-state index in [0.717, 1.165) is 31.0 Å². The van der Waals surface area contributed by atoms with E-state index in [2.05, 4.69) is 46.9 Å². The van der Waals surface area contributed by atoms with E-state index in [4.69, 9.17) is 9.15 Å². The van der Waals surface area contributed by atoms with E-state index in [1.54, 1.807) is 12.4 Å². The molecule has 6 nitrogen and oxygen atoms in total. The van der Waals surface area contributed by atoms with Crippen LogP contribution in [0.15, 0.2) is 40.6 Å². The first-order valence-corrected chi connectivity index (χ1v) is 11.7. The van der Waals surface area contributed by atoms with Gasteiger partial charge < -0.3 is 9.15 Å². The van der Waals surface area contributed by atoms with Gasteiger partial charge in [0.05, 0.1) is 12.2 Å². The maximum atomic E-state index is 5.98. The van der Waals surface area contributed by atoms with E-state index in [0.29, 0.717) is 35.6 Å². The van der Waals surface area contributed by atoms with Crippen LogP contribution in [0.3, 0.4) is 0 Å². The normalized spacial score (nSPS) is 27.1. The first-order valence-electron chi connectivity index (χ1n) is 11.7. The summed E-state index contributed by atoms with van der Waals surface area (Å²) in [6.07, 6.45) is 10.6. The molecular formula is C25H36N4O2. The summed E-state index contributed by atoms with van der Waals surface area (Å²) >= 11 is 0. The van der Waals surface area contributed by atoms with Gasteiger partial charge in [-0.25, -0.2) is 0 Å². The number of nitrogens with zero attached hydrogens (tertiary/aromatic N) is 4. The molecule has 2 aliphatic rings. The average Bonchev–Trinajstić information content (AvgIpc) is 3.40. The summed E-state index contributed by atoms with van der Waals surface area (Å²) in [5.41, 5.74) is 2.33. The van der Waals surface area contributed by atoms with Crippen LogP contribution in [0.1, 0.15) is 45.9 Å². The van der Waals surface area contributed by atoms with Gasteiger partial charge in [-0.3, -0.25) is 9.88 Å². The Kier molecular flexibility index (Phi) is 7.18. The highest BCUT2D eigenvalue weighted by molar-refractivity contribution is 5.49. The molecule has 6 heteroatoms. The lowest BCUT2D eigenvalue weighted by Crippen LogP contribution is -2.41. The summed E-state index contributed by atoms with van der Waals surface area (Å²) in [6.45, 7) is 10.2. The second kappa shape index (κ2) is 10.0. The van der Waals surface area contributed by atoms with Gasteiger partial charge in [-0.05, 0) is 68.5 Å². The van der Waals surface area contributed by atoms with Gasteiger partial charge in [0.15, 0.2) is 0 Å². The van der Waals surface area contributed by atoms with Crippen LogP contribution in [0.2, 0.25) is 0 Å². The maximum absolute atomic E-state index is 5.98. The number of pyridine rings is 1. The zero-order valence-corrected chi connectivity index (χ0v) is 19.3. The molecule has 1 aliphatic carbocycles. The molecule has 1 aliphatic heterocycles. The number of rotatable bonds is 8. The molecule has 0 aromatic carbocycles. The number of ether oxygens (including phenoxy) is 1. The third-order valence-electron chi connectivity index (χ3n) is 7.18. The van der Waals surface area contributed by atoms with Crippen LogP contribution < -0.4 is 0 Å². The van der Waals surface area contributed by atoms with E-state index in [-0.39, 0.29) is 0 Å². The number of hydrogen-bond donors (Lipinski definition) is 0. The Morgan fingerprint density at radius 1 is 1.29 bits per heavy atom. The molecule has 3 heterocycles. The minimum absolute atomic E-state index is 0.458. The van der Waals surface area contributed by atoms with Crippen molar-refractivity contribution in [3.8, 4) is 11.5 Å². The molecule has 0 bridgehead atoms. The van der Waals surface area contributed by atoms with Crippen molar-refractivity contribution in [1.82, 2.24) is 20.1 Å². The molecule has 4 rings (SSSR count). The first-order chi connectivity index (χ1) is 15.0. The Bertz CT molecular complexity index is 863. The van der Waals surface area contributed by atoms with E-state index < -0.39 is 0 Å². The molecule has 2 aromatic heterocycles. The third-order valence-corrected chi connectivity index (χ3v) is 7.18. The largest absolute Gasteiger partial charge is 0.421 e. The van der Waals surface area contributed by atoms with Crippen LogP contribution in [-0.4, -0.2) is 52.9 Å². The van der Waals surface area contributed by atoms with Crippen LogP contribution in [-0.2, 0) is 11.2 Å². The molecule has 0 N–H and O–H groups in total. The average molecular weight is 425 g/mol. The lowest BCUT2D eigenvalue weighted by Gasteiger charge is -2.39. The van der Waals surface area contributed by atoms with Crippen molar-refractivity contribution in [2.75, 3.05) is 26.8 Å². The zero-order valence-electron chi connectivity index (χ0n) is 19.3. The number of allylic oxidation sites excluding steroid dienone is 1. The van der Waals surface area contributed by atoms with Crippen LogP contribution in [0.4, 0.5) is 0 Å². The van der Waals surface area contributed by atoms with Crippen LogP contribution in [0.25, 0.3) is 11.5 Å². The van der Waals surface area contributed by atoms with Gasteiger partial charge >= 0.3 is 0 Å². The molecule has 0 saturated carbocycles. The number of likely N-dealkylation sites (tertiary alicyclic amines) is 1. The Labute approximate surface area is 186 Å². The molecule has 0 unspecified atom stereocenters. The summed E-state index contributed by atoms with van der Waals surface area (Å²) in [5, 5.41) is 8.58. The lowest BCUT2D eigenvalue weighted by molar-refractivity contribution is 0.0928. The SMILES string of the molecule is COC[C@H]1CCCN1C[C@@H]1C=C(C)[C@H](Cc2nnc(-c3cccnc3)o2)C[C@H]1C(C)C. The minimum atomic E-state index is 0.458. The number of aromatic nitrogens is 3.